The fourth-order valence-corrected chi connectivity index (χ4v) is 1.00. The fraction of sp³-hybridized carbons (Fsp3) is 0. The van der Waals surface area contributed by atoms with E-state index in [-0.39, 0.29) is 22.9 Å². The molecular formula is C6H7N6O2+. The van der Waals surface area contributed by atoms with Gasteiger partial charge in [-0.2, -0.15) is 4.42 Å². The van der Waals surface area contributed by atoms with Gasteiger partial charge in [0, 0.05) is 6.20 Å². The zero-order chi connectivity index (χ0) is 10.1. The second kappa shape index (κ2) is 2.83. The summed E-state index contributed by atoms with van der Waals surface area (Å²) in [5.74, 6) is 0.287. The number of aromatic nitrogens is 4. The molecule has 0 atom stereocenters. The van der Waals surface area contributed by atoms with Crippen LogP contribution in [0.1, 0.15) is 0 Å². The Labute approximate surface area is 77.4 Å². The highest BCUT2D eigenvalue weighted by molar-refractivity contribution is 5.78. The maximum atomic E-state index is 9.13. The summed E-state index contributed by atoms with van der Waals surface area (Å²) in [4.78, 5) is 4.36. The topological polar surface area (TPSA) is 127 Å². The first-order valence-corrected chi connectivity index (χ1v) is 3.64. The quantitative estimate of drug-likeness (QED) is 0.412. The molecule has 2 heterocycles. The van der Waals surface area contributed by atoms with Crippen LogP contribution in [0.25, 0.3) is 11.2 Å². The standard InChI is InChI=1S/C6H7N6O2/c7-6(8)14-3-1-2-9-5-4(3)10-11-12(5)13/h1-2,13H,7-8H2/q+1. The number of amides is 2. The Balaban J connectivity index is 2.72. The van der Waals surface area contributed by atoms with Crippen LogP contribution in [-0.2, 0) is 0 Å². The van der Waals surface area contributed by atoms with Crippen LogP contribution in [0.3, 0.4) is 0 Å². The number of urea groups is 1. The lowest BCUT2D eigenvalue weighted by molar-refractivity contribution is -0.0180. The van der Waals surface area contributed by atoms with Crippen LogP contribution in [0, 0.1) is 0 Å². The second-order valence-electron chi connectivity index (χ2n) is 2.46. The SMILES string of the molecule is NC(N)=[O+]c1ccnc2c1nnn2O. The summed E-state index contributed by atoms with van der Waals surface area (Å²) in [5.41, 5.74) is 10.8. The molecule has 0 unspecified atom stereocenters. The van der Waals surface area contributed by atoms with E-state index in [0.29, 0.717) is 4.85 Å². The zero-order valence-corrected chi connectivity index (χ0v) is 6.95. The average molecular weight is 195 g/mol. The van der Waals surface area contributed by atoms with Gasteiger partial charge in [0.2, 0.25) is 11.2 Å². The van der Waals surface area contributed by atoms with Crippen molar-refractivity contribution in [2.45, 2.75) is 0 Å². The molecule has 0 fully saturated rings. The predicted octanol–water partition coefficient (Wildman–Crippen LogP) is -0.650. The van der Waals surface area contributed by atoms with E-state index < -0.39 is 0 Å². The lowest BCUT2D eigenvalue weighted by atomic mass is 10.4. The maximum Gasteiger partial charge on any atom is 0.503 e. The van der Waals surface area contributed by atoms with Crippen molar-refractivity contribution < 1.29 is 9.63 Å². The van der Waals surface area contributed by atoms with Crippen molar-refractivity contribution in [3.05, 3.63) is 12.3 Å². The van der Waals surface area contributed by atoms with E-state index in [1.807, 2.05) is 0 Å². The minimum absolute atomic E-state index is 0.170. The third-order valence-corrected chi connectivity index (χ3v) is 1.51. The van der Waals surface area contributed by atoms with Gasteiger partial charge >= 0.3 is 11.8 Å². The maximum absolute atomic E-state index is 9.13. The summed E-state index contributed by atoms with van der Waals surface area (Å²) < 4.78 is 4.95. The number of hydrogen-bond acceptors (Lipinski definition) is 4. The lowest BCUT2D eigenvalue weighted by Crippen LogP contribution is -2.20. The third kappa shape index (κ3) is 1.18. The number of primary amides is 2. The minimum atomic E-state index is -0.218. The molecule has 0 bridgehead atoms. The van der Waals surface area contributed by atoms with E-state index in [0.717, 1.165) is 0 Å². The van der Waals surface area contributed by atoms with Crippen LogP contribution >= 0.6 is 0 Å². The number of carbonyl (C=O) groups excluding carboxylic acids is 1. The van der Waals surface area contributed by atoms with Gasteiger partial charge in [0.15, 0.2) is 0 Å². The fourth-order valence-electron chi connectivity index (χ4n) is 1.00. The van der Waals surface area contributed by atoms with Crippen LogP contribution in [0.15, 0.2) is 12.3 Å². The number of nitrogens with two attached hydrogens (primary N) is 2. The first kappa shape index (κ1) is 8.23. The van der Waals surface area contributed by atoms with Gasteiger partial charge in [0.25, 0.3) is 0 Å². The van der Waals surface area contributed by atoms with Gasteiger partial charge in [0.1, 0.15) is 0 Å². The normalized spacial score (nSPS) is 10.3. The zero-order valence-electron chi connectivity index (χ0n) is 6.95. The van der Waals surface area contributed by atoms with E-state index in [1.54, 1.807) is 0 Å². The minimum Gasteiger partial charge on any atom is -0.409 e. The molecule has 0 radical (unpaired) electrons. The highest BCUT2D eigenvalue weighted by atomic mass is 16.5. The molecule has 0 saturated carbocycles. The molecule has 14 heavy (non-hydrogen) atoms. The third-order valence-electron chi connectivity index (χ3n) is 1.51. The number of pyridine rings is 1. The number of rotatable bonds is 1. The number of fused-ring (bicyclic) bond motifs is 1. The smallest absolute Gasteiger partial charge is 0.409 e. The largest absolute Gasteiger partial charge is 0.503 e. The number of nitrogens with zero attached hydrogens (tertiary/aromatic N) is 4. The van der Waals surface area contributed by atoms with Crippen molar-refractivity contribution in [1.29, 1.82) is 0 Å². The highest BCUT2D eigenvalue weighted by Gasteiger charge is 2.17. The first-order chi connectivity index (χ1) is 6.68. The Morgan fingerprint density at radius 3 is 3.00 bits per heavy atom. The summed E-state index contributed by atoms with van der Waals surface area (Å²) in [7, 11) is 0. The summed E-state index contributed by atoms with van der Waals surface area (Å²) in [6, 6.07) is 1.29. The van der Waals surface area contributed by atoms with Crippen molar-refractivity contribution in [2.75, 3.05) is 0 Å². The molecule has 2 aromatic heterocycles. The van der Waals surface area contributed by atoms with Crippen LogP contribution in [-0.4, -0.2) is 31.4 Å². The Morgan fingerprint density at radius 2 is 2.29 bits per heavy atom. The van der Waals surface area contributed by atoms with Crippen molar-refractivity contribution in [3.63, 3.8) is 0 Å². The van der Waals surface area contributed by atoms with Gasteiger partial charge in [-0.15, -0.1) is 5.10 Å². The molecule has 8 heteroatoms. The van der Waals surface area contributed by atoms with Gasteiger partial charge < -0.3 is 16.7 Å². The van der Waals surface area contributed by atoms with Crippen molar-refractivity contribution >= 4 is 17.2 Å². The van der Waals surface area contributed by atoms with Gasteiger partial charge in [-0.3, -0.25) is 0 Å². The predicted molar refractivity (Wildman–Crippen MR) is 45.7 cm³/mol. The van der Waals surface area contributed by atoms with Gasteiger partial charge in [-0.1, -0.05) is 4.85 Å². The van der Waals surface area contributed by atoms with E-state index in [9.17, 15) is 0 Å². The first-order valence-electron chi connectivity index (χ1n) is 3.64. The van der Waals surface area contributed by atoms with E-state index in [4.69, 9.17) is 21.1 Å². The molecule has 2 amide bonds. The average Bonchev–Trinajstić information content (AvgIpc) is 2.49. The highest BCUT2D eigenvalue weighted by Crippen LogP contribution is 2.26. The molecule has 2 aromatic rings. The summed E-state index contributed by atoms with van der Waals surface area (Å²) in [5, 5.41) is 16.1. The van der Waals surface area contributed by atoms with Gasteiger partial charge in [0.05, 0.1) is 6.07 Å². The molecule has 0 aliphatic heterocycles. The molecular weight excluding hydrogens is 188 g/mol. The Hall–Kier alpha value is -2.38. The summed E-state index contributed by atoms with van der Waals surface area (Å²) >= 11 is 0. The molecule has 0 aromatic carbocycles. The molecule has 0 spiro atoms. The molecule has 0 saturated heterocycles. The molecule has 8 nitrogen and oxygen atoms in total. The van der Waals surface area contributed by atoms with Crippen molar-refractivity contribution in [2.24, 2.45) is 11.5 Å². The molecule has 0 aliphatic carbocycles. The Morgan fingerprint density at radius 1 is 1.50 bits per heavy atom. The monoisotopic (exact) mass is 195 g/mol. The van der Waals surface area contributed by atoms with Crippen molar-refractivity contribution in [1.82, 2.24) is 20.1 Å². The second-order valence-corrected chi connectivity index (χ2v) is 2.46. The van der Waals surface area contributed by atoms with Crippen LogP contribution in [0.4, 0.5) is 4.42 Å². The molecule has 0 aliphatic rings. The summed E-state index contributed by atoms with van der Waals surface area (Å²) in [6.07, 6.45) is 1.41. The molecule has 5 N–H and O–H groups in total. The van der Waals surface area contributed by atoms with Crippen LogP contribution in [0.5, 0.6) is 5.75 Å². The Bertz CT molecular complexity index is 500. The van der Waals surface area contributed by atoms with E-state index in [2.05, 4.69) is 15.3 Å². The van der Waals surface area contributed by atoms with E-state index in [1.165, 1.54) is 12.3 Å². The number of hydrogen-bond donors (Lipinski definition) is 3. The van der Waals surface area contributed by atoms with Gasteiger partial charge in [-0.05, 0) is 5.21 Å². The van der Waals surface area contributed by atoms with Crippen molar-refractivity contribution in [3.8, 4) is 5.75 Å². The summed E-state index contributed by atoms with van der Waals surface area (Å²) in [6.45, 7) is 0. The lowest BCUT2D eigenvalue weighted by Gasteiger charge is -1.86. The molecule has 2 rings (SSSR count). The Kier molecular flexibility index (Phi) is 1.67. The molecule has 72 valence electrons. The van der Waals surface area contributed by atoms with E-state index >= 15 is 0 Å². The van der Waals surface area contributed by atoms with Crippen LogP contribution < -0.4 is 11.5 Å². The van der Waals surface area contributed by atoms with Crippen LogP contribution in [0.2, 0.25) is 0 Å². The van der Waals surface area contributed by atoms with Gasteiger partial charge in [-0.25, -0.2) is 4.98 Å².